The second kappa shape index (κ2) is 6.35. The Morgan fingerprint density at radius 3 is 3.10 bits per heavy atom. The predicted octanol–water partition coefficient (Wildman–Crippen LogP) is 1.58. The minimum absolute atomic E-state index is 0.367. The van der Waals surface area contributed by atoms with E-state index in [4.69, 9.17) is 11.6 Å². The van der Waals surface area contributed by atoms with Crippen molar-refractivity contribution in [2.45, 2.75) is 12.6 Å². The summed E-state index contributed by atoms with van der Waals surface area (Å²) in [5.41, 5.74) is 1.27. The molecule has 0 aliphatic carbocycles. The number of hydrogen-bond donors (Lipinski definition) is 1. The van der Waals surface area contributed by atoms with Gasteiger partial charge < -0.3 is 5.32 Å². The van der Waals surface area contributed by atoms with Crippen LogP contribution in [0.15, 0.2) is 36.9 Å². The third-order valence-corrected chi connectivity index (χ3v) is 3.91. The lowest BCUT2D eigenvalue weighted by Crippen LogP contribution is -2.47. The topological polar surface area (TPSA) is 46.0 Å². The first kappa shape index (κ1) is 13.5. The predicted molar refractivity (Wildman–Crippen MR) is 78.7 cm³/mol. The maximum absolute atomic E-state index is 6.11. The summed E-state index contributed by atoms with van der Waals surface area (Å²) in [5.74, 6) is 0. The number of nitrogens with one attached hydrogen (secondary N) is 1. The molecule has 5 nitrogen and oxygen atoms in total. The van der Waals surface area contributed by atoms with Crippen molar-refractivity contribution in [3.05, 3.63) is 47.5 Å². The smallest absolute Gasteiger partial charge is 0.137 e. The van der Waals surface area contributed by atoms with Gasteiger partial charge in [0.2, 0.25) is 0 Å². The minimum atomic E-state index is 0.367. The number of hydrogen-bond acceptors (Lipinski definition) is 4. The molecular weight excluding hydrogens is 274 g/mol. The molecule has 3 rings (SSSR count). The van der Waals surface area contributed by atoms with E-state index in [1.807, 2.05) is 16.8 Å². The fourth-order valence-electron chi connectivity index (χ4n) is 2.64. The molecule has 1 aliphatic rings. The fraction of sp³-hybridized carbons (Fsp3) is 0.429. The summed E-state index contributed by atoms with van der Waals surface area (Å²) in [6.45, 7) is 4.83. The lowest BCUT2D eigenvalue weighted by molar-refractivity contribution is 0.154. The lowest BCUT2D eigenvalue weighted by atomic mass is 10.0. The normalized spacial score (nSPS) is 20.1. The van der Waals surface area contributed by atoms with Crippen LogP contribution >= 0.6 is 11.6 Å². The zero-order valence-electron chi connectivity index (χ0n) is 11.2. The summed E-state index contributed by atoms with van der Waals surface area (Å²) in [7, 11) is 0. The molecule has 1 aromatic heterocycles. The van der Waals surface area contributed by atoms with Crippen LogP contribution < -0.4 is 5.32 Å². The Labute approximate surface area is 123 Å². The number of piperazine rings is 1. The molecule has 1 fully saturated rings. The van der Waals surface area contributed by atoms with Gasteiger partial charge in [-0.05, 0) is 17.7 Å². The molecule has 0 bridgehead atoms. The van der Waals surface area contributed by atoms with E-state index in [-0.39, 0.29) is 0 Å². The van der Waals surface area contributed by atoms with Crippen LogP contribution in [0, 0.1) is 0 Å². The minimum Gasteiger partial charge on any atom is -0.314 e. The second-order valence-electron chi connectivity index (χ2n) is 4.97. The van der Waals surface area contributed by atoms with Crippen LogP contribution in [0.1, 0.15) is 11.6 Å². The maximum atomic E-state index is 6.11. The molecule has 20 heavy (non-hydrogen) atoms. The Kier molecular flexibility index (Phi) is 4.30. The van der Waals surface area contributed by atoms with Crippen molar-refractivity contribution in [2.75, 3.05) is 26.2 Å². The molecule has 106 valence electrons. The van der Waals surface area contributed by atoms with Gasteiger partial charge >= 0.3 is 0 Å². The summed E-state index contributed by atoms with van der Waals surface area (Å²) in [6, 6.07) is 8.50. The summed E-state index contributed by atoms with van der Waals surface area (Å²) in [4.78, 5) is 6.45. The zero-order valence-corrected chi connectivity index (χ0v) is 12.0. The lowest BCUT2D eigenvalue weighted by Gasteiger charge is -2.36. The van der Waals surface area contributed by atoms with Crippen molar-refractivity contribution >= 4 is 11.6 Å². The van der Waals surface area contributed by atoms with Crippen molar-refractivity contribution in [1.82, 2.24) is 25.0 Å². The highest BCUT2D eigenvalue weighted by Crippen LogP contribution is 2.24. The molecule has 2 heterocycles. The molecule has 1 saturated heterocycles. The molecule has 0 amide bonds. The first-order valence-electron chi connectivity index (χ1n) is 6.85. The van der Waals surface area contributed by atoms with Gasteiger partial charge in [-0.1, -0.05) is 23.7 Å². The molecule has 1 unspecified atom stereocenters. The van der Waals surface area contributed by atoms with Crippen molar-refractivity contribution < 1.29 is 0 Å². The standard InChI is InChI=1S/C14H18ClN5/c15-13-3-1-2-12(8-13)14-9-16-4-5-19(14)6-7-20-11-17-10-18-20/h1-3,8,10-11,14,16H,4-7,9H2. The van der Waals surface area contributed by atoms with Crippen LogP contribution in [0.3, 0.4) is 0 Å². The highest BCUT2D eigenvalue weighted by molar-refractivity contribution is 6.30. The summed E-state index contributed by atoms with van der Waals surface area (Å²) >= 11 is 6.11. The molecule has 0 radical (unpaired) electrons. The number of aromatic nitrogens is 3. The highest BCUT2D eigenvalue weighted by atomic mass is 35.5. The van der Waals surface area contributed by atoms with Crippen LogP contribution in [0.2, 0.25) is 5.02 Å². The van der Waals surface area contributed by atoms with Crippen molar-refractivity contribution in [3.8, 4) is 0 Å². The quantitative estimate of drug-likeness (QED) is 0.929. The summed E-state index contributed by atoms with van der Waals surface area (Å²) in [6.07, 6.45) is 3.34. The average molecular weight is 292 g/mol. The van der Waals surface area contributed by atoms with E-state index >= 15 is 0 Å². The van der Waals surface area contributed by atoms with Gasteiger partial charge in [-0.2, -0.15) is 5.10 Å². The Morgan fingerprint density at radius 2 is 2.30 bits per heavy atom. The Hall–Kier alpha value is -1.43. The molecule has 1 atom stereocenters. The molecular formula is C14H18ClN5. The monoisotopic (exact) mass is 291 g/mol. The first-order valence-corrected chi connectivity index (χ1v) is 7.23. The van der Waals surface area contributed by atoms with E-state index in [9.17, 15) is 0 Å². The zero-order chi connectivity index (χ0) is 13.8. The van der Waals surface area contributed by atoms with Crippen molar-refractivity contribution in [1.29, 1.82) is 0 Å². The van der Waals surface area contributed by atoms with E-state index in [2.05, 4.69) is 32.4 Å². The van der Waals surface area contributed by atoms with E-state index in [0.717, 1.165) is 37.7 Å². The maximum Gasteiger partial charge on any atom is 0.137 e. The van der Waals surface area contributed by atoms with Gasteiger partial charge in [0.05, 0.1) is 6.54 Å². The highest BCUT2D eigenvalue weighted by Gasteiger charge is 2.23. The fourth-order valence-corrected chi connectivity index (χ4v) is 2.83. The SMILES string of the molecule is Clc1cccc(C2CNCCN2CCn2cncn2)c1. The molecule has 2 aromatic rings. The van der Waals surface area contributed by atoms with Crippen LogP contribution in [0.4, 0.5) is 0 Å². The molecule has 1 aliphatic heterocycles. The third-order valence-electron chi connectivity index (χ3n) is 3.67. The number of halogens is 1. The third kappa shape index (κ3) is 3.17. The second-order valence-corrected chi connectivity index (χ2v) is 5.41. The number of rotatable bonds is 4. The van der Waals surface area contributed by atoms with Crippen LogP contribution in [0.25, 0.3) is 0 Å². The van der Waals surface area contributed by atoms with Crippen molar-refractivity contribution in [2.24, 2.45) is 0 Å². The molecule has 0 spiro atoms. The van der Waals surface area contributed by atoms with Crippen LogP contribution in [-0.4, -0.2) is 45.8 Å². The van der Waals surface area contributed by atoms with E-state index in [1.54, 1.807) is 12.7 Å². The Bertz CT molecular complexity index is 542. The Morgan fingerprint density at radius 1 is 1.35 bits per heavy atom. The van der Waals surface area contributed by atoms with Gasteiger partial charge in [0.1, 0.15) is 12.7 Å². The molecule has 6 heteroatoms. The van der Waals surface area contributed by atoms with Gasteiger partial charge in [0, 0.05) is 37.2 Å². The van der Waals surface area contributed by atoms with Crippen LogP contribution in [0.5, 0.6) is 0 Å². The average Bonchev–Trinajstić information content (AvgIpc) is 2.99. The molecule has 1 N–H and O–H groups in total. The van der Waals surface area contributed by atoms with Crippen LogP contribution in [-0.2, 0) is 6.54 Å². The summed E-state index contributed by atoms with van der Waals surface area (Å²) < 4.78 is 1.87. The van der Waals surface area contributed by atoms with Gasteiger partial charge in [0.25, 0.3) is 0 Å². The van der Waals surface area contributed by atoms with E-state index < -0.39 is 0 Å². The number of nitrogens with zero attached hydrogens (tertiary/aromatic N) is 4. The van der Waals surface area contributed by atoms with Gasteiger partial charge in [-0.25, -0.2) is 4.98 Å². The van der Waals surface area contributed by atoms with Crippen molar-refractivity contribution in [3.63, 3.8) is 0 Å². The first-order chi connectivity index (χ1) is 9.83. The largest absolute Gasteiger partial charge is 0.314 e. The van der Waals surface area contributed by atoms with Gasteiger partial charge in [0.15, 0.2) is 0 Å². The molecule has 0 saturated carbocycles. The van der Waals surface area contributed by atoms with E-state index in [0.29, 0.717) is 6.04 Å². The molecule has 1 aromatic carbocycles. The summed E-state index contributed by atoms with van der Waals surface area (Å²) in [5, 5.41) is 8.41. The van der Waals surface area contributed by atoms with Gasteiger partial charge in [-0.3, -0.25) is 9.58 Å². The Balaban J connectivity index is 1.70. The van der Waals surface area contributed by atoms with Gasteiger partial charge in [-0.15, -0.1) is 0 Å². The van der Waals surface area contributed by atoms with E-state index in [1.165, 1.54) is 5.56 Å². The number of benzene rings is 1.